The Bertz CT molecular complexity index is 592. The third-order valence-electron chi connectivity index (χ3n) is 1.85. The molecule has 0 unspecified atom stereocenters. The molecule has 0 amide bonds. The van der Waals surface area contributed by atoms with Crippen molar-refractivity contribution in [1.29, 1.82) is 1.34 Å². The van der Waals surface area contributed by atoms with Gasteiger partial charge in [-0.25, -0.2) is 0 Å². The van der Waals surface area contributed by atoms with Gasteiger partial charge in [-0.05, 0) is 0 Å². The summed E-state index contributed by atoms with van der Waals surface area (Å²) in [6.45, 7) is 0. The van der Waals surface area contributed by atoms with Crippen molar-refractivity contribution in [3.63, 3.8) is 0 Å². The molecule has 2 heterocycles. The number of imidazole rings is 1. The maximum atomic E-state index is 11.5. The monoisotopic (exact) mass is 202 g/mol. The van der Waals surface area contributed by atoms with Gasteiger partial charge < -0.3 is 0 Å². The Morgan fingerprint density at radius 3 is 3.53 bits per heavy atom. The van der Waals surface area contributed by atoms with Crippen LogP contribution in [0.1, 0.15) is 0 Å². The minimum absolute atomic E-state index is 0.256. The van der Waals surface area contributed by atoms with Gasteiger partial charge in [-0.15, -0.1) is 0 Å². The van der Waals surface area contributed by atoms with Gasteiger partial charge in [-0.3, -0.25) is 0 Å². The van der Waals surface area contributed by atoms with E-state index >= 15 is 0 Å². The fourth-order valence-electron chi connectivity index (χ4n) is 1.18. The molecule has 0 aromatic carbocycles. The molecule has 2 N–H and O–H groups in total. The molecule has 73 valence electrons. The predicted molar refractivity (Wildman–Crippen MR) is 58.1 cm³/mol. The molecule has 7 nitrogen and oxygen atoms in total. The van der Waals surface area contributed by atoms with Crippen LogP contribution in [0, 0.1) is 0 Å². The van der Waals surface area contributed by atoms with Crippen molar-refractivity contribution in [3.05, 3.63) is 16.7 Å². The second kappa shape index (κ2) is 3.68. The van der Waals surface area contributed by atoms with Crippen LogP contribution in [-0.2, 0) is 7.05 Å². The van der Waals surface area contributed by atoms with Gasteiger partial charge in [0.05, 0.1) is 0 Å². The molecule has 0 aliphatic rings. The number of anilines is 1. The van der Waals surface area contributed by atoms with Crippen molar-refractivity contribution < 1.29 is 0 Å². The number of H-pyrrole nitrogens is 1. The Morgan fingerprint density at radius 2 is 2.73 bits per heavy atom. The van der Waals surface area contributed by atoms with E-state index in [4.69, 9.17) is 1.34 Å². The van der Waals surface area contributed by atoms with E-state index in [1.54, 1.807) is 11.6 Å². The number of aromatic amines is 1. The Kier molecular flexibility index (Phi) is 2.06. The average Bonchev–Trinajstić information content (AvgIpc) is 2.62. The van der Waals surface area contributed by atoms with E-state index in [9.17, 15) is 4.79 Å². The Hall–Kier alpha value is -1.92. The van der Waals surface area contributed by atoms with E-state index in [0.29, 0.717) is 5.65 Å². The number of fused-ring (bicyclic) bond motifs is 1. The van der Waals surface area contributed by atoms with Crippen molar-refractivity contribution in [1.82, 2.24) is 19.5 Å². The summed E-state index contributed by atoms with van der Waals surface area (Å²) >= 11 is 0. The van der Waals surface area contributed by atoms with Gasteiger partial charge in [0.25, 0.3) is 0 Å². The summed E-state index contributed by atoms with van der Waals surface area (Å²) in [5.41, 5.74) is 0.447. The number of nitrogens with zero attached hydrogens (tertiary/aromatic N) is 4. The SMILES string of the molecule is [2H][B]N=BNc1nc2c(ncn2C)c(=O)[nH]1. The third kappa shape index (κ3) is 1.67. The van der Waals surface area contributed by atoms with Gasteiger partial charge in [0.15, 0.2) is 0 Å². The molecule has 0 saturated heterocycles. The molecule has 15 heavy (non-hydrogen) atoms. The molecule has 2 rings (SSSR count). The predicted octanol–water partition coefficient (Wildman–Crippen LogP) is -1.31. The number of aromatic nitrogens is 4. The molecule has 9 heteroatoms. The third-order valence-corrected chi connectivity index (χ3v) is 1.85. The summed E-state index contributed by atoms with van der Waals surface area (Å²) < 4.78 is 8.32. The van der Waals surface area contributed by atoms with Crippen LogP contribution in [0.2, 0.25) is 0 Å². The first kappa shape index (κ1) is 8.39. The van der Waals surface area contributed by atoms with Crippen molar-refractivity contribution in [3.8, 4) is 0 Å². The molecule has 0 fully saturated rings. The van der Waals surface area contributed by atoms with Crippen LogP contribution in [0.4, 0.5) is 5.95 Å². The van der Waals surface area contributed by atoms with Gasteiger partial charge >= 0.3 is 86.9 Å². The fraction of sp³-hybridized carbons (Fsp3) is 0.167. The van der Waals surface area contributed by atoms with Gasteiger partial charge in [-0.2, -0.15) is 0 Å². The van der Waals surface area contributed by atoms with E-state index < -0.39 is 0 Å². The van der Waals surface area contributed by atoms with Gasteiger partial charge in [0.1, 0.15) is 0 Å². The van der Waals surface area contributed by atoms with Crippen LogP contribution < -0.4 is 10.8 Å². The summed E-state index contributed by atoms with van der Waals surface area (Å²) in [5.74, 6) is 0.256. The molecule has 0 spiro atoms. The number of hydrogen-bond acceptors (Lipinski definition) is 4. The number of rotatable bonds is 3. The average molecular weight is 202 g/mol. The topological polar surface area (TPSA) is 88.0 Å². The van der Waals surface area contributed by atoms with E-state index in [1.807, 2.05) is 0 Å². The van der Waals surface area contributed by atoms with E-state index in [1.165, 1.54) is 13.5 Å². The zero-order valence-corrected chi connectivity index (χ0v) is 7.93. The molecule has 0 aliphatic carbocycles. The molecule has 0 bridgehead atoms. The van der Waals surface area contributed by atoms with E-state index in [0.717, 1.165) is 7.94 Å². The summed E-state index contributed by atoms with van der Waals surface area (Å²) in [4.78, 5) is 25.6. The first-order chi connectivity index (χ1) is 7.72. The number of aryl methyl sites for hydroxylation is 1. The van der Waals surface area contributed by atoms with Crippen LogP contribution in [-0.4, -0.2) is 36.0 Å². The van der Waals surface area contributed by atoms with E-state index in [-0.39, 0.29) is 17.0 Å². The van der Waals surface area contributed by atoms with Gasteiger partial charge in [-0.1, -0.05) is 0 Å². The van der Waals surface area contributed by atoms with Gasteiger partial charge in [0.2, 0.25) is 0 Å². The molecule has 1 radical (unpaired) electrons. The zero-order valence-electron chi connectivity index (χ0n) is 8.93. The first-order valence-corrected chi connectivity index (χ1v) is 4.12. The molecule has 0 aliphatic heterocycles. The summed E-state index contributed by atoms with van der Waals surface area (Å²) in [5, 5.41) is 2.64. The molecule has 0 saturated carbocycles. The summed E-state index contributed by atoms with van der Waals surface area (Å²) in [6, 6.07) is 0. The van der Waals surface area contributed by atoms with Crippen molar-refractivity contribution in [2.45, 2.75) is 0 Å². The van der Waals surface area contributed by atoms with Crippen LogP contribution in [0.15, 0.2) is 15.9 Å². The van der Waals surface area contributed by atoms with Crippen molar-refractivity contribution in [2.24, 2.45) is 11.9 Å². The Balaban J connectivity index is 2.44. The minimum atomic E-state index is -0.323. The van der Waals surface area contributed by atoms with Crippen LogP contribution in [0.25, 0.3) is 11.2 Å². The standard InChI is InChI=1S/C6H7B2N6O/c1-14-2-9-3-4(14)10-6(11-5(3)15)12-8-13-7/h2,7H,1H3,(H2,10,11,12,15)/i7D. The summed E-state index contributed by atoms with van der Waals surface area (Å²) in [6.07, 6.45) is 1.52. The van der Waals surface area contributed by atoms with Gasteiger partial charge in [0, 0.05) is 0 Å². The van der Waals surface area contributed by atoms with Crippen LogP contribution >= 0.6 is 0 Å². The second-order valence-corrected chi connectivity index (χ2v) is 2.86. The normalized spacial score (nSPS) is 11.4. The Morgan fingerprint density at radius 1 is 1.87 bits per heavy atom. The van der Waals surface area contributed by atoms with Crippen LogP contribution in [0.5, 0.6) is 0 Å². The molecular formula is C6H7B2N6O. The van der Waals surface area contributed by atoms with Crippen molar-refractivity contribution >= 4 is 32.3 Å². The van der Waals surface area contributed by atoms with E-state index in [2.05, 4.69) is 25.0 Å². The number of nitrogens with one attached hydrogen (secondary N) is 2. The number of hydrogen-bond donors (Lipinski definition) is 2. The molecular weight excluding hydrogens is 194 g/mol. The van der Waals surface area contributed by atoms with Crippen molar-refractivity contribution in [2.75, 3.05) is 5.23 Å². The van der Waals surface area contributed by atoms with Crippen LogP contribution in [0.3, 0.4) is 0 Å². The first-order valence-electron chi connectivity index (χ1n) is 4.69. The quantitative estimate of drug-likeness (QED) is 0.604. The second-order valence-electron chi connectivity index (χ2n) is 2.86. The molecule has 2 aromatic heterocycles. The molecule has 0 atom stereocenters. The Labute approximate surface area is 87.7 Å². The molecule has 2 aromatic rings. The zero-order chi connectivity index (χ0) is 11.5. The fourth-order valence-corrected chi connectivity index (χ4v) is 1.18. The maximum absolute atomic E-state index is 11.5. The summed E-state index contributed by atoms with van der Waals surface area (Å²) in [7, 11) is 3.87.